The number of rotatable bonds is 5. The van der Waals surface area contributed by atoms with Crippen LogP contribution in [0, 0.1) is 13.8 Å². The zero-order valence-corrected chi connectivity index (χ0v) is 14.6. The number of carbonyl (C=O) groups is 1. The normalized spacial score (nSPS) is 13.5. The molecule has 0 aliphatic heterocycles. The minimum Gasteiger partial charge on any atom is -0.491 e. The van der Waals surface area contributed by atoms with Gasteiger partial charge in [0.25, 0.3) is 5.91 Å². The van der Waals surface area contributed by atoms with E-state index in [-0.39, 0.29) is 5.91 Å². The van der Waals surface area contributed by atoms with Gasteiger partial charge in [0.2, 0.25) is 0 Å². The van der Waals surface area contributed by atoms with Gasteiger partial charge in [0.05, 0.1) is 12.1 Å². The summed E-state index contributed by atoms with van der Waals surface area (Å²) in [4.78, 5) is 13.7. The van der Waals surface area contributed by atoms with Crippen molar-refractivity contribution in [3.8, 4) is 5.75 Å². The lowest BCUT2D eigenvalue weighted by molar-refractivity contribution is 0.0946. The maximum absolute atomic E-state index is 12.3. The largest absolute Gasteiger partial charge is 0.491 e. The summed E-state index contributed by atoms with van der Waals surface area (Å²) in [7, 11) is 0. The molecule has 1 amide bonds. The molecular weight excluding hydrogens is 306 g/mol. The van der Waals surface area contributed by atoms with Gasteiger partial charge >= 0.3 is 0 Å². The molecular formula is C19H23NO2S. The van der Waals surface area contributed by atoms with Crippen LogP contribution >= 0.6 is 11.3 Å². The second-order valence-corrected chi connectivity index (χ2v) is 7.10. The van der Waals surface area contributed by atoms with Crippen LogP contribution in [0.5, 0.6) is 5.75 Å². The van der Waals surface area contributed by atoms with Crippen molar-refractivity contribution >= 4 is 17.2 Å². The van der Waals surface area contributed by atoms with E-state index >= 15 is 0 Å². The Balaban J connectivity index is 1.51. The fourth-order valence-electron chi connectivity index (χ4n) is 3.07. The Morgan fingerprint density at radius 2 is 2.09 bits per heavy atom. The lowest BCUT2D eigenvalue weighted by Crippen LogP contribution is -2.28. The highest BCUT2D eigenvalue weighted by Gasteiger charge is 2.19. The van der Waals surface area contributed by atoms with Crippen molar-refractivity contribution in [1.29, 1.82) is 0 Å². The number of carbonyl (C=O) groups excluding carboxylic acids is 1. The first-order valence-corrected chi connectivity index (χ1v) is 9.10. The number of nitrogens with one attached hydrogen (secondary N) is 1. The van der Waals surface area contributed by atoms with Crippen LogP contribution in [0.3, 0.4) is 0 Å². The molecule has 1 N–H and O–H groups in total. The fourth-order valence-corrected chi connectivity index (χ4v) is 4.19. The predicted octanol–water partition coefficient (Wildman–Crippen LogP) is 4.05. The van der Waals surface area contributed by atoms with Crippen molar-refractivity contribution in [2.24, 2.45) is 0 Å². The van der Waals surface area contributed by atoms with Crippen LogP contribution < -0.4 is 10.1 Å². The summed E-state index contributed by atoms with van der Waals surface area (Å²) in [6, 6.07) is 6.13. The van der Waals surface area contributed by atoms with Gasteiger partial charge in [0, 0.05) is 10.3 Å². The molecule has 0 bridgehead atoms. The van der Waals surface area contributed by atoms with Crippen molar-refractivity contribution in [2.45, 2.75) is 39.5 Å². The summed E-state index contributed by atoms with van der Waals surface area (Å²) < 4.78 is 5.76. The average molecular weight is 329 g/mol. The van der Waals surface area contributed by atoms with Gasteiger partial charge in [-0.1, -0.05) is 17.7 Å². The molecule has 122 valence electrons. The van der Waals surface area contributed by atoms with E-state index < -0.39 is 0 Å². The maximum Gasteiger partial charge on any atom is 0.252 e. The molecule has 0 spiro atoms. The van der Waals surface area contributed by atoms with E-state index in [1.165, 1.54) is 28.8 Å². The molecule has 1 aromatic carbocycles. The van der Waals surface area contributed by atoms with Gasteiger partial charge < -0.3 is 10.1 Å². The smallest absolute Gasteiger partial charge is 0.252 e. The molecule has 3 nitrogen and oxygen atoms in total. The van der Waals surface area contributed by atoms with Gasteiger partial charge in [0.15, 0.2) is 0 Å². The van der Waals surface area contributed by atoms with E-state index in [1.807, 2.05) is 24.4 Å². The SMILES string of the molecule is Cc1ccc(OCCNC(=O)c2csc3c2CCCC3)c(C)c1. The summed E-state index contributed by atoms with van der Waals surface area (Å²) in [5.74, 6) is 0.923. The molecule has 3 rings (SSSR count). The second-order valence-electron chi connectivity index (χ2n) is 6.13. The van der Waals surface area contributed by atoms with Crippen LogP contribution in [0.1, 0.15) is 44.8 Å². The molecule has 0 fully saturated rings. The highest BCUT2D eigenvalue weighted by molar-refractivity contribution is 7.10. The minimum atomic E-state index is 0.0358. The Hall–Kier alpha value is -1.81. The molecule has 0 radical (unpaired) electrons. The summed E-state index contributed by atoms with van der Waals surface area (Å²) in [5, 5.41) is 4.99. The van der Waals surface area contributed by atoms with Crippen LogP contribution in [0.4, 0.5) is 0 Å². The third kappa shape index (κ3) is 3.75. The fraction of sp³-hybridized carbons (Fsp3) is 0.421. The number of benzene rings is 1. The van der Waals surface area contributed by atoms with Gasteiger partial charge in [-0.15, -0.1) is 11.3 Å². The standard InChI is InChI=1S/C19H23NO2S/c1-13-7-8-17(14(2)11-13)22-10-9-20-19(21)16-12-23-18-6-4-3-5-15(16)18/h7-8,11-12H,3-6,9-10H2,1-2H3,(H,20,21). The van der Waals surface area contributed by atoms with E-state index in [0.29, 0.717) is 13.2 Å². The molecule has 1 aliphatic carbocycles. The van der Waals surface area contributed by atoms with Gasteiger partial charge in [-0.3, -0.25) is 4.79 Å². The number of hydrogen-bond acceptors (Lipinski definition) is 3. The van der Waals surface area contributed by atoms with Gasteiger partial charge in [-0.25, -0.2) is 0 Å². The van der Waals surface area contributed by atoms with E-state index in [2.05, 4.69) is 18.3 Å². The topological polar surface area (TPSA) is 38.3 Å². The van der Waals surface area contributed by atoms with Crippen molar-refractivity contribution in [3.05, 3.63) is 50.7 Å². The van der Waals surface area contributed by atoms with E-state index in [9.17, 15) is 4.79 Å². The van der Waals surface area contributed by atoms with Crippen LogP contribution in [0.2, 0.25) is 0 Å². The third-order valence-electron chi connectivity index (χ3n) is 4.28. The molecule has 1 heterocycles. The lowest BCUT2D eigenvalue weighted by atomic mass is 9.96. The number of hydrogen-bond donors (Lipinski definition) is 1. The van der Waals surface area contributed by atoms with E-state index in [0.717, 1.165) is 29.7 Å². The summed E-state index contributed by atoms with van der Waals surface area (Å²) in [5.41, 5.74) is 4.50. The van der Waals surface area contributed by atoms with Crippen LogP contribution in [-0.4, -0.2) is 19.1 Å². The van der Waals surface area contributed by atoms with Gasteiger partial charge in [-0.2, -0.15) is 0 Å². The number of ether oxygens (including phenoxy) is 1. The second kappa shape index (κ2) is 7.18. The van der Waals surface area contributed by atoms with Crippen LogP contribution in [0.25, 0.3) is 0 Å². The van der Waals surface area contributed by atoms with E-state index in [4.69, 9.17) is 4.74 Å². The van der Waals surface area contributed by atoms with Crippen molar-refractivity contribution in [2.75, 3.05) is 13.2 Å². The first kappa shape index (κ1) is 16.1. The summed E-state index contributed by atoms with van der Waals surface area (Å²) >= 11 is 1.73. The first-order valence-electron chi connectivity index (χ1n) is 8.22. The quantitative estimate of drug-likeness (QED) is 0.840. The molecule has 0 saturated carbocycles. The van der Waals surface area contributed by atoms with Gasteiger partial charge in [-0.05, 0) is 56.7 Å². The Morgan fingerprint density at radius 3 is 2.91 bits per heavy atom. The number of aryl methyl sites for hydroxylation is 3. The number of amides is 1. The molecule has 0 unspecified atom stereocenters. The molecule has 1 aromatic heterocycles. The van der Waals surface area contributed by atoms with Crippen LogP contribution in [-0.2, 0) is 12.8 Å². The average Bonchev–Trinajstić information content (AvgIpc) is 2.97. The van der Waals surface area contributed by atoms with Gasteiger partial charge in [0.1, 0.15) is 12.4 Å². The monoisotopic (exact) mass is 329 g/mol. The zero-order chi connectivity index (χ0) is 16.2. The minimum absolute atomic E-state index is 0.0358. The molecule has 0 saturated heterocycles. The highest BCUT2D eigenvalue weighted by Crippen LogP contribution is 2.30. The third-order valence-corrected chi connectivity index (χ3v) is 5.37. The molecule has 0 atom stereocenters. The Labute approximate surface area is 141 Å². The van der Waals surface area contributed by atoms with Crippen LogP contribution in [0.15, 0.2) is 23.6 Å². The molecule has 2 aromatic rings. The molecule has 23 heavy (non-hydrogen) atoms. The summed E-state index contributed by atoms with van der Waals surface area (Å²) in [6.07, 6.45) is 4.61. The Kier molecular flexibility index (Phi) is 5.01. The first-order chi connectivity index (χ1) is 11.1. The summed E-state index contributed by atoms with van der Waals surface area (Å²) in [6.45, 7) is 5.12. The lowest BCUT2D eigenvalue weighted by Gasteiger charge is -2.13. The predicted molar refractivity (Wildman–Crippen MR) is 94.7 cm³/mol. The number of fused-ring (bicyclic) bond motifs is 1. The number of thiophene rings is 1. The molecule has 4 heteroatoms. The Morgan fingerprint density at radius 1 is 1.26 bits per heavy atom. The van der Waals surface area contributed by atoms with Crippen molar-refractivity contribution in [1.82, 2.24) is 5.32 Å². The van der Waals surface area contributed by atoms with Crippen molar-refractivity contribution in [3.63, 3.8) is 0 Å². The van der Waals surface area contributed by atoms with E-state index in [1.54, 1.807) is 11.3 Å². The highest BCUT2D eigenvalue weighted by atomic mass is 32.1. The Bertz CT molecular complexity index is 705. The zero-order valence-electron chi connectivity index (χ0n) is 13.8. The molecule has 1 aliphatic rings. The van der Waals surface area contributed by atoms with Crippen molar-refractivity contribution < 1.29 is 9.53 Å². The maximum atomic E-state index is 12.3.